The van der Waals surface area contributed by atoms with E-state index in [0.29, 0.717) is 17.1 Å². The largest absolute Gasteiger partial charge is 0.453 e. The van der Waals surface area contributed by atoms with E-state index in [1.807, 2.05) is 0 Å². The van der Waals surface area contributed by atoms with Gasteiger partial charge in [0, 0.05) is 26.5 Å². The summed E-state index contributed by atoms with van der Waals surface area (Å²) in [5, 5.41) is 22.9. The molecule has 4 heterocycles. The van der Waals surface area contributed by atoms with Crippen LogP contribution >= 0.6 is 0 Å². The summed E-state index contributed by atoms with van der Waals surface area (Å²) in [5.74, 6) is -1.19. The highest BCUT2D eigenvalue weighted by Gasteiger charge is 2.62. The Morgan fingerprint density at radius 3 is 2.79 bits per heavy atom. The molecule has 10 nitrogen and oxygen atoms in total. The van der Waals surface area contributed by atoms with Crippen LogP contribution in [0.4, 0.5) is 0 Å². The van der Waals surface area contributed by atoms with Gasteiger partial charge >= 0.3 is 5.79 Å². The first-order chi connectivity index (χ1) is 14.0. The van der Waals surface area contributed by atoms with Gasteiger partial charge in [-0.3, -0.25) is 4.98 Å². The van der Waals surface area contributed by atoms with Crippen molar-refractivity contribution in [3.63, 3.8) is 0 Å². The predicted molar refractivity (Wildman–Crippen MR) is 99.0 cm³/mol. The van der Waals surface area contributed by atoms with Gasteiger partial charge in [0.15, 0.2) is 17.6 Å². The molecule has 0 amide bonds. The van der Waals surface area contributed by atoms with Crippen LogP contribution in [-0.4, -0.2) is 71.1 Å². The third-order valence-electron chi connectivity index (χ3n) is 5.00. The molecule has 1 fully saturated rings. The van der Waals surface area contributed by atoms with Gasteiger partial charge in [-0.25, -0.2) is 4.98 Å². The van der Waals surface area contributed by atoms with Crippen molar-refractivity contribution in [3.8, 4) is 22.9 Å². The molecule has 2 aliphatic heterocycles. The fourth-order valence-electron chi connectivity index (χ4n) is 3.58. The van der Waals surface area contributed by atoms with Crippen molar-refractivity contribution in [1.29, 1.82) is 0 Å². The number of methoxy groups -OCH3 is 2. The molecule has 0 saturated carbocycles. The third kappa shape index (κ3) is 3.10. The van der Waals surface area contributed by atoms with Crippen molar-refractivity contribution in [3.05, 3.63) is 36.2 Å². The molecule has 10 heteroatoms. The van der Waals surface area contributed by atoms with Gasteiger partial charge in [-0.05, 0) is 19.1 Å². The zero-order chi connectivity index (χ0) is 20.6. The molecule has 0 spiro atoms. The monoisotopic (exact) mass is 404 g/mol. The van der Waals surface area contributed by atoms with E-state index >= 15 is 0 Å². The molecule has 29 heavy (non-hydrogen) atoms. The smallest absolute Gasteiger partial charge is 0.302 e. The number of ether oxygens (including phenoxy) is 5. The van der Waals surface area contributed by atoms with Crippen LogP contribution in [0.25, 0.3) is 11.4 Å². The number of hydrogen-bond donors (Lipinski definition) is 2. The number of pyridine rings is 2. The van der Waals surface area contributed by atoms with Crippen molar-refractivity contribution < 1.29 is 34.0 Å². The highest BCUT2D eigenvalue weighted by molar-refractivity contribution is 5.81. The second-order valence-electron chi connectivity index (χ2n) is 6.65. The van der Waals surface area contributed by atoms with Gasteiger partial charge in [-0.1, -0.05) is 11.2 Å². The van der Waals surface area contributed by atoms with E-state index in [2.05, 4.69) is 15.1 Å². The fourth-order valence-corrected chi connectivity index (χ4v) is 3.58. The summed E-state index contributed by atoms with van der Waals surface area (Å²) < 4.78 is 29.0. The van der Waals surface area contributed by atoms with Gasteiger partial charge in [-0.2, -0.15) is 0 Å². The lowest BCUT2D eigenvalue weighted by Gasteiger charge is -2.51. The maximum atomic E-state index is 11.0. The Balaban J connectivity index is 1.87. The number of aliphatic hydroxyl groups excluding tert-OH is 1. The molecule has 0 unspecified atom stereocenters. The zero-order valence-electron chi connectivity index (χ0n) is 16.1. The minimum absolute atomic E-state index is 0.212. The van der Waals surface area contributed by atoms with Gasteiger partial charge in [0.2, 0.25) is 0 Å². The summed E-state index contributed by atoms with van der Waals surface area (Å²) in [7, 11) is 2.85. The molecule has 4 rings (SSSR count). The summed E-state index contributed by atoms with van der Waals surface area (Å²) >= 11 is 0. The van der Waals surface area contributed by atoms with Crippen molar-refractivity contribution in [2.75, 3.05) is 14.2 Å². The number of aromatic nitrogens is 2. The molecular formula is C19H21N3O7. The van der Waals surface area contributed by atoms with E-state index < -0.39 is 30.4 Å². The van der Waals surface area contributed by atoms with Crippen LogP contribution in [0, 0.1) is 0 Å². The Labute approximate surface area is 166 Å². The Morgan fingerprint density at radius 2 is 2.14 bits per heavy atom. The van der Waals surface area contributed by atoms with E-state index in [1.54, 1.807) is 31.3 Å². The zero-order valence-corrected chi connectivity index (χ0v) is 16.1. The lowest BCUT2D eigenvalue weighted by Crippen LogP contribution is -2.71. The maximum Gasteiger partial charge on any atom is 0.302 e. The van der Waals surface area contributed by atoms with Gasteiger partial charge in [0.05, 0.1) is 23.7 Å². The first kappa shape index (κ1) is 19.5. The maximum absolute atomic E-state index is 11.0. The van der Waals surface area contributed by atoms with E-state index in [1.165, 1.54) is 20.3 Å². The van der Waals surface area contributed by atoms with Crippen LogP contribution in [0.2, 0.25) is 0 Å². The van der Waals surface area contributed by atoms with Crippen LogP contribution in [0.5, 0.6) is 11.5 Å². The summed E-state index contributed by atoms with van der Waals surface area (Å²) in [6, 6.07) is 6.83. The van der Waals surface area contributed by atoms with Crippen molar-refractivity contribution in [2.45, 2.75) is 37.3 Å². The minimum Gasteiger partial charge on any atom is -0.453 e. The summed E-state index contributed by atoms with van der Waals surface area (Å²) in [5.41, 5.74) is 1.14. The van der Waals surface area contributed by atoms with Crippen LogP contribution < -0.4 is 9.47 Å². The van der Waals surface area contributed by atoms with Crippen LogP contribution in [0.15, 0.2) is 35.6 Å². The van der Waals surface area contributed by atoms with Gasteiger partial charge in [0.25, 0.3) is 6.29 Å². The molecular weight excluding hydrogens is 383 g/mol. The first-order valence-corrected chi connectivity index (χ1v) is 8.95. The topological polar surface area (TPSA) is 125 Å². The molecule has 2 aliphatic rings. The molecule has 154 valence electrons. The lowest BCUT2D eigenvalue weighted by atomic mass is 9.95. The van der Waals surface area contributed by atoms with E-state index in [9.17, 15) is 5.11 Å². The second kappa shape index (κ2) is 7.56. The van der Waals surface area contributed by atoms with Crippen LogP contribution in [0.1, 0.15) is 12.6 Å². The molecule has 2 aromatic heterocycles. The van der Waals surface area contributed by atoms with Crippen molar-refractivity contribution >= 4 is 6.21 Å². The first-order valence-electron chi connectivity index (χ1n) is 8.95. The number of fused-ring (bicyclic) bond motifs is 2. The van der Waals surface area contributed by atoms with Crippen LogP contribution in [-0.2, 0) is 14.2 Å². The summed E-state index contributed by atoms with van der Waals surface area (Å²) in [6.45, 7) is 1.76. The highest BCUT2D eigenvalue weighted by atomic mass is 16.8. The molecule has 0 aliphatic carbocycles. The predicted octanol–water partition coefficient (Wildman–Crippen LogP) is 1.19. The second-order valence-corrected chi connectivity index (χ2v) is 6.65. The average molecular weight is 404 g/mol. The molecule has 0 bridgehead atoms. The molecule has 0 radical (unpaired) electrons. The number of oxime groups is 1. The van der Waals surface area contributed by atoms with E-state index in [4.69, 9.17) is 28.9 Å². The SMILES string of the molecule is CO[C@H]1[C@H](C)O[C@H]2Oc3cc(/[13CH]=N/O)nc(-c4ccccn4)c3O[C@@]2(OC)[C@@H]1O. The molecule has 2 aromatic rings. The minimum atomic E-state index is -1.68. The number of nitrogens with zero attached hydrogens (tertiary/aromatic N) is 3. The third-order valence-corrected chi connectivity index (χ3v) is 5.00. The molecule has 1 saturated heterocycles. The van der Waals surface area contributed by atoms with Crippen LogP contribution in [0.3, 0.4) is 0 Å². The standard InChI is InChI=1S/C19H21N3O7/c1-10-15(25-2)17(23)19(26-3)18(27-10)28-13-8-11(9-21-24)22-14(16(13)29-19)12-6-4-5-7-20-12/h4-10,15,17-18,23-24H,1-3H3/b21-9+/t10-,15-,17+,18-,19-/m0/s1/i9+1. The molecule has 2 N–H and O–H groups in total. The normalized spacial score (nSPS) is 30.9. The Hall–Kier alpha value is -2.79. The van der Waals surface area contributed by atoms with E-state index in [-0.39, 0.29) is 11.5 Å². The average Bonchev–Trinajstić information content (AvgIpc) is 2.73. The van der Waals surface area contributed by atoms with Gasteiger partial charge in [-0.15, -0.1) is 0 Å². The van der Waals surface area contributed by atoms with E-state index in [0.717, 1.165) is 6.21 Å². The Kier molecular flexibility index (Phi) is 5.09. The lowest BCUT2D eigenvalue weighted by molar-refractivity contribution is -0.391. The highest BCUT2D eigenvalue weighted by Crippen LogP contribution is 2.48. The quantitative estimate of drug-likeness (QED) is 0.334. The summed E-state index contributed by atoms with van der Waals surface area (Å²) in [6.07, 6.45) is -0.707. The summed E-state index contributed by atoms with van der Waals surface area (Å²) in [4.78, 5) is 8.75. The fraction of sp³-hybridized carbons (Fsp3) is 0.421. The van der Waals surface area contributed by atoms with Crippen molar-refractivity contribution in [1.82, 2.24) is 9.97 Å². The Bertz CT molecular complexity index is 910. The number of rotatable bonds is 4. The molecule has 0 aromatic carbocycles. The number of aliphatic hydroxyl groups is 1. The van der Waals surface area contributed by atoms with Crippen molar-refractivity contribution in [2.24, 2.45) is 5.16 Å². The van der Waals surface area contributed by atoms with Gasteiger partial charge in [0.1, 0.15) is 11.8 Å². The molecule has 5 atom stereocenters. The number of hydrogen-bond acceptors (Lipinski definition) is 10. The van der Waals surface area contributed by atoms with Gasteiger partial charge < -0.3 is 34.0 Å². The Morgan fingerprint density at radius 1 is 1.31 bits per heavy atom.